The van der Waals surface area contributed by atoms with E-state index >= 15 is 0 Å². The van der Waals surface area contributed by atoms with Crippen LogP contribution < -0.4 is 11.1 Å². The minimum Gasteiger partial charge on any atom is -0.480 e. The van der Waals surface area contributed by atoms with Crippen molar-refractivity contribution < 1.29 is 24.2 Å². The number of benzene rings is 1. The summed E-state index contributed by atoms with van der Waals surface area (Å²) in [6, 6.07) is 7.79. The molecule has 0 spiro atoms. The Morgan fingerprint density at radius 1 is 1.31 bits per heavy atom. The standard InChI is InChI=1S/C18H25N3O5/c19-14(16(22)21-11-5-9-15(21)17(23)24)8-4-10-20-18(25)26-12-13-6-2-1-3-7-13/h1-3,6-7,14-15H,4-5,8-12,19H2,(H,20,25)(H,23,24)/t14-,15-/m0/s1. The maximum absolute atomic E-state index is 12.3. The van der Waals surface area contributed by atoms with Gasteiger partial charge in [-0.1, -0.05) is 30.3 Å². The number of nitrogens with two attached hydrogens (primary N) is 1. The number of ether oxygens (including phenoxy) is 1. The van der Waals surface area contributed by atoms with Gasteiger partial charge < -0.3 is 25.8 Å². The van der Waals surface area contributed by atoms with Gasteiger partial charge in [0.1, 0.15) is 12.6 Å². The molecular weight excluding hydrogens is 338 g/mol. The van der Waals surface area contributed by atoms with Crippen LogP contribution in [0, 0.1) is 0 Å². The largest absolute Gasteiger partial charge is 0.480 e. The molecule has 2 rings (SSSR count). The van der Waals surface area contributed by atoms with Crippen molar-refractivity contribution in [1.82, 2.24) is 10.2 Å². The number of nitrogens with one attached hydrogen (secondary N) is 1. The van der Waals surface area contributed by atoms with Crippen LogP contribution in [0.4, 0.5) is 4.79 Å². The van der Waals surface area contributed by atoms with Crippen molar-refractivity contribution >= 4 is 18.0 Å². The van der Waals surface area contributed by atoms with Gasteiger partial charge in [-0.2, -0.15) is 0 Å². The lowest BCUT2D eigenvalue weighted by atomic mass is 10.1. The summed E-state index contributed by atoms with van der Waals surface area (Å²) in [7, 11) is 0. The Hall–Kier alpha value is -2.61. The van der Waals surface area contributed by atoms with Gasteiger partial charge in [-0.3, -0.25) is 4.79 Å². The Morgan fingerprint density at radius 3 is 2.73 bits per heavy atom. The second-order valence-corrected chi connectivity index (χ2v) is 6.27. The highest BCUT2D eigenvalue weighted by Crippen LogP contribution is 2.18. The first-order valence-electron chi connectivity index (χ1n) is 8.72. The normalized spacial score (nSPS) is 17.6. The summed E-state index contributed by atoms with van der Waals surface area (Å²) in [6.45, 7) is 0.945. The van der Waals surface area contributed by atoms with Crippen LogP contribution in [-0.4, -0.2) is 53.1 Å². The Balaban J connectivity index is 1.63. The first-order chi connectivity index (χ1) is 12.5. The maximum Gasteiger partial charge on any atom is 0.407 e. The fourth-order valence-corrected chi connectivity index (χ4v) is 2.91. The van der Waals surface area contributed by atoms with E-state index in [1.54, 1.807) is 0 Å². The van der Waals surface area contributed by atoms with Crippen LogP contribution in [0.5, 0.6) is 0 Å². The topological polar surface area (TPSA) is 122 Å². The molecule has 0 aliphatic carbocycles. The van der Waals surface area contributed by atoms with E-state index in [0.717, 1.165) is 5.56 Å². The van der Waals surface area contributed by atoms with Crippen LogP contribution in [0.15, 0.2) is 30.3 Å². The second kappa shape index (κ2) is 9.76. The molecule has 1 saturated heterocycles. The summed E-state index contributed by atoms with van der Waals surface area (Å²) in [5.41, 5.74) is 6.78. The molecule has 0 radical (unpaired) electrons. The Labute approximate surface area is 152 Å². The highest BCUT2D eigenvalue weighted by molar-refractivity contribution is 5.87. The lowest BCUT2D eigenvalue weighted by Gasteiger charge is -2.24. The molecule has 0 unspecified atom stereocenters. The summed E-state index contributed by atoms with van der Waals surface area (Å²) < 4.78 is 5.08. The number of likely N-dealkylation sites (tertiary alicyclic amines) is 1. The summed E-state index contributed by atoms with van der Waals surface area (Å²) in [5, 5.41) is 11.7. The van der Waals surface area contributed by atoms with E-state index in [4.69, 9.17) is 15.6 Å². The third kappa shape index (κ3) is 5.73. The van der Waals surface area contributed by atoms with Crippen molar-refractivity contribution in [3.63, 3.8) is 0 Å². The van der Waals surface area contributed by atoms with Crippen LogP contribution in [-0.2, 0) is 20.9 Å². The van der Waals surface area contributed by atoms with Gasteiger partial charge in [-0.15, -0.1) is 0 Å². The molecule has 2 atom stereocenters. The number of carbonyl (C=O) groups excluding carboxylic acids is 2. The summed E-state index contributed by atoms with van der Waals surface area (Å²) in [4.78, 5) is 36.4. The van der Waals surface area contributed by atoms with E-state index in [0.29, 0.717) is 38.8 Å². The van der Waals surface area contributed by atoms with Gasteiger partial charge in [0.25, 0.3) is 0 Å². The number of aliphatic carboxylic acids is 1. The van der Waals surface area contributed by atoms with Gasteiger partial charge in [-0.05, 0) is 31.2 Å². The molecule has 1 aliphatic rings. The number of nitrogens with zero attached hydrogens (tertiary/aromatic N) is 1. The lowest BCUT2D eigenvalue weighted by molar-refractivity contribution is -0.148. The molecule has 1 aliphatic heterocycles. The van der Waals surface area contributed by atoms with E-state index in [2.05, 4.69) is 5.32 Å². The lowest BCUT2D eigenvalue weighted by Crippen LogP contribution is -2.48. The van der Waals surface area contributed by atoms with Crippen LogP contribution in [0.3, 0.4) is 0 Å². The zero-order valence-electron chi connectivity index (χ0n) is 14.6. The molecule has 0 saturated carbocycles. The first-order valence-corrected chi connectivity index (χ1v) is 8.72. The van der Waals surface area contributed by atoms with E-state index in [1.165, 1.54) is 4.90 Å². The fourth-order valence-electron chi connectivity index (χ4n) is 2.91. The van der Waals surface area contributed by atoms with Crippen LogP contribution in [0.2, 0.25) is 0 Å². The van der Waals surface area contributed by atoms with E-state index in [9.17, 15) is 14.4 Å². The number of alkyl carbamates (subject to hydrolysis) is 1. The average molecular weight is 363 g/mol. The Kier molecular flexibility index (Phi) is 7.40. The number of carboxylic acid groups (broad SMARTS) is 1. The van der Waals surface area contributed by atoms with Gasteiger partial charge in [0.05, 0.1) is 6.04 Å². The Bertz CT molecular complexity index is 623. The molecule has 1 aromatic rings. The molecule has 8 heteroatoms. The summed E-state index contributed by atoms with van der Waals surface area (Å²) in [5.74, 6) is -1.34. The zero-order valence-corrected chi connectivity index (χ0v) is 14.6. The number of hydrogen-bond donors (Lipinski definition) is 3. The maximum atomic E-state index is 12.3. The van der Waals surface area contributed by atoms with Crippen LogP contribution in [0.1, 0.15) is 31.2 Å². The molecule has 2 amide bonds. The van der Waals surface area contributed by atoms with Crippen molar-refractivity contribution in [1.29, 1.82) is 0 Å². The molecule has 1 fully saturated rings. The van der Waals surface area contributed by atoms with Crippen molar-refractivity contribution in [3.8, 4) is 0 Å². The molecule has 0 aromatic heterocycles. The smallest absolute Gasteiger partial charge is 0.407 e. The minimum absolute atomic E-state index is 0.191. The minimum atomic E-state index is -0.995. The third-order valence-corrected chi connectivity index (χ3v) is 4.31. The molecule has 142 valence electrons. The molecule has 26 heavy (non-hydrogen) atoms. The Morgan fingerprint density at radius 2 is 2.04 bits per heavy atom. The molecule has 1 heterocycles. The average Bonchev–Trinajstić information content (AvgIpc) is 3.13. The van der Waals surface area contributed by atoms with Gasteiger partial charge >= 0.3 is 12.1 Å². The quantitative estimate of drug-likeness (QED) is 0.595. The predicted molar refractivity (Wildman–Crippen MR) is 94.2 cm³/mol. The summed E-state index contributed by atoms with van der Waals surface area (Å²) in [6.07, 6.45) is 1.46. The number of carboxylic acids is 1. The van der Waals surface area contributed by atoms with Crippen LogP contribution in [0.25, 0.3) is 0 Å². The molecular formula is C18H25N3O5. The first kappa shape index (κ1) is 19.7. The highest BCUT2D eigenvalue weighted by atomic mass is 16.5. The van der Waals surface area contributed by atoms with Crippen molar-refractivity contribution in [2.45, 2.75) is 44.4 Å². The van der Waals surface area contributed by atoms with Gasteiger partial charge in [0, 0.05) is 13.1 Å². The number of rotatable bonds is 8. The van der Waals surface area contributed by atoms with Crippen molar-refractivity contribution in [3.05, 3.63) is 35.9 Å². The second-order valence-electron chi connectivity index (χ2n) is 6.27. The van der Waals surface area contributed by atoms with Crippen molar-refractivity contribution in [2.75, 3.05) is 13.1 Å². The molecule has 4 N–H and O–H groups in total. The van der Waals surface area contributed by atoms with Gasteiger partial charge in [0.2, 0.25) is 5.91 Å². The number of amides is 2. The SMILES string of the molecule is N[C@@H](CCCNC(=O)OCc1ccccc1)C(=O)N1CCC[C@H]1C(=O)O. The van der Waals surface area contributed by atoms with Gasteiger partial charge in [0.15, 0.2) is 0 Å². The predicted octanol–water partition coefficient (Wildman–Crippen LogP) is 1.10. The van der Waals surface area contributed by atoms with E-state index in [1.807, 2.05) is 30.3 Å². The van der Waals surface area contributed by atoms with Crippen LogP contribution >= 0.6 is 0 Å². The molecule has 0 bridgehead atoms. The summed E-state index contributed by atoms with van der Waals surface area (Å²) >= 11 is 0. The molecule has 8 nitrogen and oxygen atoms in total. The van der Waals surface area contributed by atoms with Gasteiger partial charge in [-0.25, -0.2) is 9.59 Å². The number of hydrogen-bond acceptors (Lipinski definition) is 5. The van der Waals surface area contributed by atoms with E-state index < -0.39 is 24.1 Å². The van der Waals surface area contributed by atoms with E-state index in [-0.39, 0.29) is 12.5 Å². The molecule has 1 aromatic carbocycles. The monoisotopic (exact) mass is 363 g/mol. The zero-order chi connectivity index (χ0) is 18.9. The number of carbonyl (C=O) groups is 3. The third-order valence-electron chi connectivity index (χ3n) is 4.31. The fraction of sp³-hybridized carbons (Fsp3) is 0.500. The van der Waals surface area contributed by atoms with Crippen molar-refractivity contribution in [2.24, 2.45) is 5.73 Å². The highest BCUT2D eigenvalue weighted by Gasteiger charge is 2.35.